The third kappa shape index (κ3) is 1.66. The molecular formula is C14H14O2S. The van der Waals surface area contributed by atoms with Crippen molar-refractivity contribution in [2.45, 2.75) is 18.9 Å². The highest BCUT2D eigenvalue weighted by atomic mass is 32.1. The van der Waals surface area contributed by atoms with Gasteiger partial charge >= 0.3 is 0 Å². The van der Waals surface area contributed by atoms with Gasteiger partial charge in [0.25, 0.3) is 0 Å². The molecule has 3 rings (SSSR count). The molecule has 3 heteroatoms. The van der Waals surface area contributed by atoms with Crippen molar-refractivity contribution in [3.8, 4) is 5.75 Å². The average Bonchev–Trinajstić information content (AvgIpc) is 2.99. The number of ether oxygens (including phenoxy) is 1. The van der Waals surface area contributed by atoms with Gasteiger partial charge in [-0.05, 0) is 23.9 Å². The van der Waals surface area contributed by atoms with Gasteiger partial charge in [-0.25, -0.2) is 0 Å². The van der Waals surface area contributed by atoms with Crippen molar-refractivity contribution in [3.63, 3.8) is 0 Å². The topological polar surface area (TPSA) is 29.5 Å². The van der Waals surface area contributed by atoms with Crippen molar-refractivity contribution in [2.75, 3.05) is 6.61 Å². The van der Waals surface area contributed by atoms with Crippen LogP contribution >= 0.6 is 11.3 Å². The summed E-state index contributed by atoms with van der Waals surface area (Å²) >= 11 is 1.56. The summed E-state index contributed by atoms with van der Waals surface area (Å²) in [5, 5.41) is 12.7. The molecule has 17 heavy (non-hydrogen) atoms. The van der Waals surface area contributed by atoms with Crippen LogP contribution in [0.15, 0.2) is 35.7 Å². The molecule has 88 valence electrons. The lowest BCUT2D eigenvalue weighted by Gasteiger charge is -2.24. The molecule has 0 fully saturated rings. The van der Waals surface area contributed by atoms with Crippen LogP contribution in [-0.2, 0) is 12.0 Å². The first-order chi connectivity index (χ1) is 8.19. The summed E-state index contributed by atoms with van der Waals surface area (Å²) in [6.45, 7) is 2.54. The Morgan fingerprint density at radius 1 is 1.29 bits per heavy atom. The lowest BCUT2D eigenvalue weighted by Crippen LogP contribution is -2.22. The van der Waals surface area contributed by atoms with Crippen LogP contribution in [-0.4, -0.2) is 11.7 Å². The van der Waals surface area contributed by atoms with E-state index in [1.165, 1.54) is 5.56 Å². The SMILES string of the molecule is CC(O)(c1cccs1)c1cccc2c1OCC2. The molecule has 0 spiro atoms. The highest BCUT2D eigenvalue weighted by Gasteiger charge is 2.32. The third-order valence-electron chi connectivity index (χ3n) is 3.24. The van der Waals surface area contributed by atoms with Gasteiger partial charge in [-0.15, -0.1) is 11.3 Å². The molecular weight excluding hydrogens is 232 g/mol. The van der Waals surface area contributed by atoms with E-state index in [1.807, 2.05) is 36.6 Å². The Labute approximate surface area is 104 Å². The van der Waals surface area contributed by atoms with E-state index in [-0.39, 0.29) is 0 Å². The highest BCUT2D eigenvalue weighted by molar-refractivity contribution is 7.10. The molecule has 0 radical (unpaired) electrons. The van der Waals surface area contributed by atoms with E-state index < -0.39 is 5.60 Å². The van der Waals surface area contributed by atoms with Crippen molar-refractivity contribution in [1.29, 1.82) is 0 Å². The van der Waals surface area contributed by atoms with Crippen molar-refractivity contribution < 1.29 is 9.84 Å². The fourth-order valence-electron chi connectivity index (χ4n) is 2.29. The molecule has 1 aromatic heterocycles. The smallest absolute Gasteiger partial charge is 0.129 e. The van der Waals surface area contributed by atoms with E-state index >= 15 is 0 Å². The number of thiophene rings is 1. The van der Waals surface area contributed by atoms with E-state index in [1.54, 1.807) is 11.3 Å². The first-order valence-electron chi connectivity index (χ1n) is 5.71. The van der Waals surface area contributed by atoms with E-state index in [2.05, 4.69) is 6.07 Å². The zero-order valence-electron chi connectivity index (χ0n) is 9.64. The maximum absolute atomic E-state index is 10.7. The van der Waals surface area contributed by atoms with Crippen molar-refractivity contribution >= 4 is 11.3 Å². The number of hydrogen-bond acceptors (Lipinski definition) is 3. The quantitative estimate of drug-likeness (QED) is 0.882. The summed E-state index contributed by atoms with van der Waals surface area (Å²) in [6, 6.07) is 9.92. The van der Waals surface area contributed by atoms with E-state index in [0.29, 0.717) is 6.61 Å². The van der Waals surface area contributed by atoms with Crippen LogP contribution in [0.4, 0.5) is 0 Å². The van der Waals surface area contributed by atoms with E-state index in [0.717, 1.165) is 22.6 Å². The zero-order chi connectivity index (χ0) is 11.9. The Bertz CT molecular complexity index is 529. The number of hydrogen-bond donors (Lipinski definition) is 1. The summed E-state index contributed by atoms with van der Waals surface area (Å²) in [5.41, 5.74) is 1.10. The Balaban J connectivity index is 2.13. The molecule has 2 nitrogen and oxygen atoms in total. The molecule has 2 aromatic rings. The van der Waals surface area contributed by atoms with Crippen molar-refractivity contribution in [1.82, 2.24) is 0 Å². The minimum Gasteiger partial charge on any atom is -0.493 e. The van der Waals surface area contributed by atoms with Gasteiger partial charge in [-0.1, -0.05) is 24.3 Å². The standard InChI is InChI=1S/C14H14O2S/c1-14(15,12-6-3-9-17-12)11-5-2-4-10-7-8-16-13(10)11/h2-6,9,15H,7-8H2,1H3. The van der Waals surface area contributed by atoms with Crippen molar-refractivity contribution in [2.24, 2.45) is 0 Å². The average molecular weight is 246 g/mol. The molecule has 0 aliphatic carbocycles. The molecule has 1 aliphatic rings. The molecule has 0 saturated carbocycles. The Kier molecular flexibility index (Phi) is 2.45. The van der Waals surface area contributed by atoms with Gasteiger partial charge in [-0.2, -0.15) is 0 Å². The lowest BCUT2D eigenvalue weighted by atomic mass is 9.92. The Hall–Kier alpha value is -1.32. The number of benzene rings is 1. The first-order valence-corrected chi connectivity index (χ1v) is 6.59. The number of rotatable bonds is 2. The predicted octanol–water partition coefficient (Wildman–Crippen LogP) is 2.94. The fraction of sp³-hybridized carbons (Fsp3) is 0.286. The largest absolute Gasteiger partial charge is 0.493 e. The Morgan fingerprint density at radius 2 is 2.18 bits per heavy atom. The lowest BCUT2D eigenvalue weighted by molar-refractivity contribution is 0.103. The molecule has 1 aromatic carbocycles. The highest BCUT2D eigenvalue weighted by Crippen LogP contribution is 2.40. The molecule has 1 N–H and O–H groups in total. The van der Waals surface area contributed by atoms with Gasteiger partial charge < -0.3 is 9.84 Å². The van der Waals surface area contributed by atoms with Crippen LogP contribution in [0, 0.1) is 0 Å². The van der Waals surface area contributed by atoms with Crippen LogP contribution in [0.5, 0.6) is 5.75 Å². The van der Waals surface area contributed by atoms with E-state index in [9.17, 15) is 5.11 Å². The van der Waals surface area contributed by atoms with Crippen molar-refractivity contribution in [3.05, 3.63) is 51.7 Å². The van der Waals surface area contributed by atoms with Gasteiger partial charge in [0.1, 0.15) is 11.4 Å². The van der Waals surface area contributed by atoms with Crippen LogP contribution in [0.1, 0.15) is 22.9 Å². The van der Waals surface area contributed by atoms with Crippen LogP contribution in [0.2, 0.25) is 0 Å². The van der Waals surface area contributed by atoms with Crippen LogP contribution in [0.25, 0.3) is 0 Å². The second kappa shape index (κ2) is 3.86. The molecule has 1 atom stereocenters. The first kappa shape index (κ1) is 10.8. The van der Waals surface area contributed by atoms with Gasteiger partial charge in [0.05, 0.1) is 6.61 Å². The van der Waals surface area contributed by atoms with Gasteiger partial charge in [-0.3, -0.25) is 0 Å². The maximum atomic E-state index is 10.7. The number of aliphatic hydroxyl groups is 1. The normalized spacial score (nSPS) is 17.3. The third-order valence-corrected chi connectivity index (χ3v) is 4.32. The molecule has 0 saturated heterocycles. The summed E-state index contributed by atoms with van der Waals surface area (Å²) in [6.07, 6.45) is 0.934. The van der Waals surface area contributed by atoms with Crippen LogP contribution in [0.3, 0.4) is 0 Å². The second-order valence-corrected chi connectivity index (χ2v) is 5.39. The molecule has 1 aliphatic heterocycles. The molecule has 0 amide bonds. The van der Waals surface area contributed by atoms with Gasteiger partial charge in [0.15, 0.2) is 0 Å². The van der Waals surface area contributed by atoms with Crippen LogP contribution < -0.4 is 4.74 Å². The van der Waals surface area contributed by atoms with Gasteiger partial charge in [0.2, 0.25) is 0 Å². The fourth-order valence-corrected chi connectivity index (χ4v) is 3.09. The monoisotopic (exact) mass is 246 g/mol. The minimum atomic E-state index is -0.968. The molecule has 2 heterocycles. The summed E-state index contributed by atoms with van der Waals surface area (Å²) in [4.78, 5) is 0.946. The zero-order valence-corrected chi connectivity index (χ0v) is 10.5. The second-order valence-electron chi connectivity index (χ2n) is 4.44. The summed E-state index contributed by atoms with van der Waals surface area (Å²) in [7, 11) is 0. The summed E-state index contributed by atoms with van der Waals surface area (Å²) < 4.78 is 5.66. The number of fused-ring (bicyclic) bond motifs is 1. The molecule has 1 unspecified atom stereocenters. The molecule has 0 bridgehead atoms. The number of para-hydroxylation sites is 1. The minimum absolute atomic E-state index is 0.715. The van der Waals surface area contributed by atoms with Gasteiger partial charge in [0, 0.05) is 16.9 Å². The summed E-state index contributed by atoms with van der Waals surface area (Å²) in [5.74, 6) is 0.867. The van der Waals surface area contributed by atoms with E-state index in [4.69, 9.17) is 4.74 Å². The Morgan fingerprint density at radius 3 is 2.94 bits per heavy atom. The maximum Gasteiger partial charge on any atom is 0.129 e. The predicted molar refractivity (Wildman–Crippen MR) is 68.6 cm³/mol.